The molecule has 30 heavy (non-hydrogen) atoms. The minimum absolute atomic E-state index is 0.0356. The fourth-order valence-corrected chi connectivity index (χ4v) is 3.35. The van der Waals surface area contributed by atoms with E-state index in [9.17, 15) is 22.4 Å². The highest BCUT2D eigenvalue weighted by Gasteiger charge is 2.53. The molecule has 2 aromatic rings. The largest absolute Gasteiger partial charge is 0.433 e. The highest BCUT2D eigenvalue weighted by atomic mass is 19.4. The van der Waals surface area contributed by atoms with E-state index < -0.39 is 28.6 Å². The number of carbonyl (C=O) groups is 1. The van der Waals surface area contributed by atoms with Crippen molar-refractivity contribution in [1.82, 2.24) is 9.88 Å². The van der Waals surface area contributed by atoms with Crippen molar-refractivity contribution in [2.75, 3.05) is 12.4 Å². The van der Waals surface area contributed by atoms with E-state index in [1.807, 2.05) is 0 Å². The highest BCUT2D eigenvalue weighted by molar-refractivity contribution is 6.01. The van der Waals surface area contributed by atoms with Gasteiger partial charge in [-0.15, -0.1) is 0 Å². The van der Waals surface area contributed by atoms with E-state index in [1.165, 1.54) is 36.2 Å². The van der Waals surface area contributed by atoms with Crippen LogP contribution in [0.3, 0.4) is 0 Å². The number of hydrogen-bond acceptors (Lipinski definition) is 5. The molecular formula is C20H21F4N5O. The fourth-order valence-electron chi connectivity index (χ4n) is 3.35. The van der Waals surface area contributed by atoms with Crippen LogP contribution >= 0.6 is 0 Å². The predicted octanol–water partition coefficient (Wildman–Crippen LogP) is 4.01. The monoisotopic (exact) mass is 423 g/mol. The number of nitrogens with one attached hydrogen (secondary N) is 1. The quantitative estimate of drug-likeness (QED) is 0.731. The molecule has 0 fully saturated rings. The number of aliphatic imine (C=N–C) groups is 1. The van der Waals surface area contributed by atoms with Crippen molar-refractivity contribution in [3.05, 3.63) is 53.6 Å². The Hall–Kier alpha value is -3.17. The summed E-state index contributed by atoms with van der Waals surface area (Å²) < 4.78 is 52.8. The number of guanidine groups is 1. The zero-order chi connectivity index (χ0) is 22.5. The maximum absolute atomic E-state index is 14.8. The first-order chi connectivity index (χ1) is 13.8. The van der Waals surface area contributed by atoms with Gasteiger partial charge in [0.15, 0.2) is 5.96 Å². The molecule has 6 nitrogen and oxygen atoms in total. The minimum atomic E-state index is -4.54. The summed E-state index contributed by atoms with van der Waals surface area (Å²) in [5.41, 5.74) is 3.25. The number of benzene rings is 1. The molecular weight excluding hydrogens is 402 g/mol. The van der Waals surface area contributed by atoms with Crippen LogP contribution in [0.25, 0.3) is 0 Å². The van der Waals surface area contributed by atoms with E-state index in [2.05, 4.69) is 15.3 Å². The summed E-state index contributed by atoms with van der Waals surface area (Å²) in [5.74, 6) is -0.940. The molecule has 1 aliphatic rings. The van der Waals surface area contributed by atoms with E-state index in [0.717, 1.165) is 12.3 Å². The molecule has 0 radical (unpaired) electrons. The smallest absolute Gasteiger partial charge is 0.369 e. The van der Waals surface area contributed by atoms with E-state index in [4.69, 9.17) is 5.73 Å². The second-order valence-electron chi connectivity index (χ2n) is 7.78. The van der Waals surface area contributed by atoms with Crippen LogP contribution in [-0.2, 0) is 16.5 Å². The lowest BCUT2D eigenvalue weighted by atomic mass is 9.67. The van der Waals surface area contributed by atoms with Gasteiger partial charge in [0.25, 0.3) is 0 Å². The fraction of sp³-hybridized carbons (Fsp3) is 0.350. The molecule has 160 valence electrons. The van der Waals surface area contributed by atoms with Gasteiger partial charge in [-0.1, -0.05) is 0 Å². The van der Waals surface area contributed by atoms with Crippen LogP contribution in [0.15, 0.2) is 41.5 Å². The van der Waals surface area contributed by atoms with Gasteiger partial charge in [0.05, 0.1) is 17.3 Å². The second kappa shape index (κ2) is 6.96. The van der Waals surface area contributed by atoms with Gasteiger partial charge in [-0.25, -0.2) is 14.4 Å². The normalized spacial score (nSPS) is 21.4. The number of hydrogen-bond donors (Lipinski definition) is 2. The lowest BCUT2D eigenvalue weighted by molar-refractivity contribution is -0.141. The summed E-state index contributed by atoms with van der Waals surface area (Å²) >= 11 is 0. The van der Waals surface area contributed by atoms with Gasteiger partial charge in [-0.3, -0.25) is 9.69 Å². The Morgan fingerprint density at radius 3 is 2.30 bits per heavy atom. The SMILES string of the molecule is CN1C(=O)C(C)(C)[C@@](C)(c2cc(Nc3ccc(C(F)(F)F)nc3)ccc2F)N=C1N. The number of pyridine rings is 1. The zero-order valence-electron chi connectivity index (χ0n) is 16.8. The molecule has 0 bridgehead atoms. The summed E-state index contributed by atoms with van der Waals surface area (Å²) in [6.07, 6.45) is -3.51. The number of alkyl halides is 3. The first-order valence-corrected chi connectivity index (χ1v) is 9.01. The molecule has 1 aromatic heterocycles. The lowest BCUT2D eigenvalue weighted by Crippen LogP contribution is -2.58. The molecule has 0 unspecified atom stereocenters. The molecule has 1 aromatic carbocycles. The first kappa shape index (κ1) is 21.5. The van der Waals surface area contributed by atoms with Gasteiger partial charge in [0.1, 0.15) is 17.1 Å². The summed E-state index contributed by atoms with van der Waals surface area (Å²) in [6.45, 7) is 4.93. The Kier molecular flexibility index (Phi) is 5.00. The molecule has 2 heterocycles. The van der Waals surface area contributed by atoms with Crippen LogP contribution in [0.4, 0.5) is 28.9 Å². The van der Waals surface area contributed by atoms with Gasteiger partial charge in [-0.05, 0) is 51.1 Å². The maximum Gasteiger partial charge on any atom is 0.433 e. The number of rotatable bonds is 3. The molecule has 1 amide bonds. The number of nitrogens with two attached hydrogens (primary N) is 1. The molecule has 1 aliphatic heterocycles. The van der Waals surface area contributed by atoms with Gasteiger partial charge in [-0.2, -0.15) is 13.2 Å². The first-order valence-electron chi connectivity index (χ1n) is 9.01. The van der Waals surface area contributed by atoms with E-state index in [1.54, 1.807) is 20.8 Å². The Bertz CT molecular complexity index is 1020. The molecule has 1 atom stereocenters. The molecule has 0 saturated carbocycles. The van der Waals surface area contributed by atoms with Crippen molar-refractivity contribution in [1.29, 1.82) is 0 Å². The summed E-state index contributed by atoms with van der Waals surface area (Å²) in [6, 6.07) is 6.16. The average molecular weight is 423 g/mol. The molecule has 10 heteroatoms. The third kappa shape index (κ3) is 3.46. The minimum Gasteiger partial charge on any atom is -0.369 e. The third-order valence-corrected chi connectivity index (χ3v) is 5.57. The molecule has 3 rings (SSSR count). The van der Waals surface area contributed by atoms with E-state index in [0.29, 0.717) is 5.69 Å². The molecule has 0 saturated heterocycles. The zero-order valence-corrected chi connectivity index (χ0v) is 16.8. The summed E-state index contributed by atoms with van der Waals surface area (Å²) in [5, 5.41) is 2.89. The van der Waals surface area contributed by atoms with Crippen LogP contribution in [0, 0.1) is 11.2 Å². The number of carbonyl (C=O) groups excluding carboxylic acids is 1. The van der Waals surface area contributed by atoms with Crippen molar-refractivity contribution in [2.24, 2.45) is 16.1 Å². The summed E-state index contributed by atoms with van der Waals surface area (Å²) in [4.78, 5) is 21.8. The van der Waals surface area contributed by atoms with Crippen molar-refractivity contribution in [2.45, 2.75) is 32.5 Å². The van der Waals surface area contributed by atoms with Crippen molar-refractivity contribution < 1.29 is 22.4 Å². The van der Waals surface area contributed by atoms with Gasteiger partial charge < -0.3 is 11.1 Å². The van der Waals surface area contributed by atoms with Crippen LogP contribution in [-0.4, -0.2) is 28.8 Å². The topological polar surface area (TPSA) is 83.6 Å². The van der Waals surface area contributed by atoms with Crippen LogP contribution in [0.1, 0.15) is 32.0 Å². The predicted molar refractivity (Wildman–Crippen MR) is 104 cm³/mol. The van der Waals surface area contributed by atoms with Crippen LogP contribution in [0.5, 0.6) is 0 Å². The van der Waals surface area contributed by atoms with Gasteiger partial charge in [0, 0.05) is 18.3 Å². The van der Waals surface area contributed by atoms with Crippen molar-refractivity contribution in [3.63, 3.8) is 0 Å². The molecule has 0 aliphatic carbocycles. The Morgan fingerprint density at radius 2 is 1.73 bits per heavy atom. The lowest BCUT2D eigenvalue weighted by Gasteiger charge is -2.46. The second-order valence-corrected chi connectivity index (χ2v) is 7.78. The molecule has 3 N–H and O–H groups in total. The third-order valence-electron chi connectivity index (χ3n) is 5.57. The number of nitrogens with zero attached hydrogens (tertiary/aromatic N) is 3. The number of halogens is 4. The number of anilines is 2. The standard InChI is InChI=1S/C20H21F4N5O/c1-18(2)16(30)29(4)17(25)28-19(18,3)13-9-11(5-7-14(13)21)27-12-6-8-15(26-10-12)20(22,23)24/h5-10,27H,1-4H3,(H2,25,28)/t19-/m1/s1. The maximum atomic E-state index is 14.8. The van der Waals surface area contributed by atoms with Gasteiger partial charge in [0.2, 0.25) is 5.91 Å². The summed E-state index contributed by atoms with van der Waals surface area (Å²) in [7, 11) is 1.49. The Labute approximate surface area is 170 Å². The van der Waals surface area contributed by atoms with Crippen molar-refractivity contribution >= 4 is 23.2 Å². The van der Waals surface area contributed by atoms with E-state index in [-0.39, 0.29) is 23.1 Å². The van der Waals surface area contributed by atoms with Crippen LogP contribution in [0.2, 0.25) is 0 Å². The average Bonchev–Trinajstić information content (AvgIpc) is 2.66. The number of aromatic nitrogens is 1. The molecule has 0 spiro atoms. The van der Waals surface area contributed by atoms with Gasteiger partial charge >= 0.3 is 6.18 Å². The number of amides is 1. The highest BCUT2D eigenvalue weighted by Crippen LogP contribution is 2.47. The van der Waals surface area contributed by atoms with E-state index >= 15 is 0 Å². The van der Waals surface area contributed by atoms with Crippen LogP contribution < -0.4 is 11.1 Å². The van der Waals surface area contributed by atoms with Crippen molar-refractivity contribution in [3.8, 4) is 0 Å². The Morgan fingerprint density at radius 1 is 1.10 bits per heavy atom. The Balaban J connectivity index is 2.01.